The number of carbonyl (C=O) groups is 1. The van der Waals surface area contributed by atoms with Crippen molar-refractivity contribution in [3.8, 4) is 22.6 Å². The van der Waals surface area contributed by atoms with Gasteiger partial charge in [-0.1, -0.05) is 60.7 Å². The molecule has 244 valence electrons. The molecule has 0 bridgehead atoms. The van der Waals surface area contributed by atoms with Gasteiger partial charge in [0.15, 0.2) is 11.5 Å². The number of nitrogens with zero attached hydrogens (tertiary/aromatic N) is 4. The Morgan fingerprint density at radius 1 is 0.978 bits per heavy atom. The fourth-order valence-electron chi connectivity index (χ4n) is 4.71. The number of piperidine rings is 1. The van der Waals surface area contributed by atoms with Crippen molar-refractivity contribution < 1.29 is 32.9 Å². The molecule has 11 nitrogen and oxygen atoms in total. The Balaban J connectivity index is 0.000000617. The van der Waals surface area contributed by atoms with Crippen LogP contribution in [-0.4, -0.2) is 70.1 Å². The van der Waals surface area contributed by atoms with Crippen LogP contribution in [0.15, 0.2) is 72.8 Å². The Bertz CT molecular complexity index is 1580. The Morgan fingerprint density at radius 3 is 2.26 bits per heavy atom. The van der Waals surface area contributed by atoms with Gasteiger partial charge in [0.2, 0.25) is 17.8 Å². The Hall–Kier alpha value is -5.11. The zero-order chi connectivity index (χ0) is 33.1. The first-order chi connectivity index (χ1) is 22.0. The second kappa shape index (κ2) is 15.8. The topological polar surface area (TPSA) is 159 Å². The van der Waals surface area contributed by atoms with Crippen molar-refractivity contribution in [2.45, 2.75) is 38.0 Å². The number of aromatic nitrogens is 3. The number of carboxylic acid groups (broad SMARTS) is 1. The van der Waals surface area contributed by atoms with E-state index < -0.39 is 12.1 Å². The maximum absolute atomic E-state index is 10.6. The van der Waals surface area contributed by atoms with E-state index in [0.29, 0.717) is 43.1 Å². The van der Waals surface area contributed by atoms with Crippen molar-refractivity contribution in [1.82, 2.24) is 15.0 Å². The molecule has 0 atom stereocenters. The van der Waals surface area contributed by atoms with Crippen molar-refractivity contribution in [2.75, 3.05) is 42.3 Å². The van der Waals surface area contributed by atoms with Crippen LogP contribution in [0.3, 0.4) is 0 Å². The van der Waals surface area contributed by atoms with Crippen molar-refractivity contribution in [2.24, 2.45) is 5.73 Å². The van der Waals surface area contributed by atoms with E-state index in [9.17, 15) is 18.3 Å². The standard InChI is InChI=1S/C30H35N7O2.C2HF3O2/c1-39-27-19-21(11-12-26(27)38)13-16-32-28-34-29(36-30(35-28)37-17-14-24(31)15-18-37)33-20-23-9-5-6-10-25(23)22-7-3-2-4-8-22;3-2(4,5)1(6)7/h2-12,19,24,38H,13-18,20,31H2,1H3,(H2,32,33,34,35,36);(H,6,7). The second-order valence-electron chi connectivity index (χ2n) is 10.5. The number of nitrogens with two attached hydrogens (primary N) is 1. The maximum Gasteiger partial charge on any atom is 0.490 e. The fraction of sp³-hybridized carbons (Fsp3) is 0.312. The summed E-state index contributed by atoms with van der Waals surface area (Å²) in [5.74, 6) is -0.495. The highest BCUT2D eigenvalue weighted by Crippen LogP contribution is 2.27. The smallest absolute Gasteiger partial charge is 0.490 e. The first-order valence-corrected chi connectivity index (χ1v) is 14.6. The molecule has 1 aromatic heterocycles. The number of phenols is 1. The first kappa shape index (κ1) is 33.8. The van der Waals surface area contributed by atoms with E-state index in [1.165, 1.54) is 11.1 Å². The van der Waals surface area contributed by atoms with Crippen LogP contribution < -0.4 is 26.0 Å². The summed E-state index contributed by atoms with van der Waals surface area (Å²) in [5.41, 5.74) is 10.7. The molecule has 3 aromatic carbocycles. The number of aromatic hydroxyl groups is 1. The zero-order valence-corrected chi connectivity index (χ0v) is 25.2. The summed E-state index contributed by atoms with van der Waals surface area (Å²) in [6.45, 7) is 2.81. The third-order valence-electron chi connectivity index (χ3n) is 7.17. The number of benzene rings is 3. The monoisotopic (exact) mass is 639 g/mol. The number of carboxylic acids is 1. The van der Waals surface area contributed by atoms with Gasteiger partial charge in [0.1, 0.15) is 0 Å². The molecule has 1 aliphatic heterocycles. The molecule has 1 saturated heterocycles. The number of halogens is 3. The van der Waals surface area contributed by atoms with Crippen LogP contribution in [-0.2, 0) is 17.8 Å². The quantitative estimate of drug-likeness (QED) is 0.158. The van der Waals surface area contributed by atoms with Gasteiger partial charge in [-0.3, -0.25) is 0 Å². The largest absolute Gasteiger partial charge is 0.504 e. The number of ether oxygens (including phenoxy) is 1. The van der Waals surface area contributed by atoms with Gasteiger partial charge in [0.05, 0.1) is 7.11 Å². The van der Waals surface area contributed by atoms with Gasteiger partial charge in [-0.25, -0.2) is 4.79 Å². The summed E-state index contributed by atoms with van der Waals surface area (Å²) in [6, 6.07) is 24.3. The van der Waals surface area contributed by atoms with E-state index in [1.807, 2.05) is 24.3 Å². The number of aliphatic carboxylic acids is 1. The number of hydrogen-bond acceptors (Lipinski definition) is 10. The average Bonchev–Trinajstić information content (AvgIpc) is 3.05. The number of anilines is 3. The first-order valence-electron chi connectivity index (χ1n) is 14.6. The van der Waals surface area contributed by atoms with Crippen molar-refractivity contribution in [3.05, 3.63) is 83.9 Å². The van der Waals surface area contributed by atoms with Gasteiger partial charge in [0, 0.05) is 32.2 Å². The van der Waals surface area contributed by atoms with Gasteiger partial charge in [-0.05, 0) is 53.6 Å². The zero-order valence-electron chi connectivity index (χ0n) is 25.2. The lowest BCUT2D eigenvalue weighted by Gasteiger charge is -2.30. The highest BCUT2D eigenvalue weighted by Gasteiger charge is 2.38. The van der Waals surface area contributed by atoms with E-state index in [4.69, 9.17) is 30.3 Å². The van der Waals surface area contributed by atoms with Crippen LogP contribution in [0, 0.1) is 0 Å². The summed E-state index contributed by atoms with van der Waals surface area (Å²) in [4.78, 5) is 25.2. The van der Waals surface area contributed by atoms with Gasteiger partial charge >= 0.3 is 12.1 Å². The molecule has 4 aromatic rings. The molecule has 0 aliphatic carbocycles. The highest BCUT2D eigenvalue weighted by molar-refractivity contribution is 5.73. The number of nitrogens with one attached hydrogen (secondary N) is 2. The number of rotatable bonds is 10. The van der Waals surface area contributed by atoms with Crippen LogP contribution in [0.2, 0.25) is 0 Å². The van der Waals surface area contributed by atoms with E-state index in [-0.39, 0.29) is 11.8 Å². The van der Waals surface area contributed by atoms with Crippen LogP contribution in [0.4, 0.5) is 31.0 Å². The molecule has 6 N–H and O–H groups in total. The van der Waals surface area contributed by atoms with Gasteiger partial charge in [0.25, 0.3) is 0 Å². The van der Waals surface area contributed by atoms with E-state index >= 15 is 0 Å². The van der Waals surface area contributed by atoms with E-state index in [1.54, 1.807) is 13.2 Å². The Kier molecular flexibility index (Phi) is 11.6. The lowest BCUT2D eigenvalue weighted by molar-refractivity contribution is -0.192. The summed E-state index contributed by atoms with van der Waals surface area (Å²) in [5, 5.41) is 23.8. The molecule has 1 fully saturated rings. The molecule has 46 heavy (non-hydrogen) atoms. The molecule has 5 rings (SSSR count). The molecule has 0 saturated carbocycles. The normalized spacial score (nSPS) is 13.4. The number of methoxy groups -OCH3 is 1. The van der Waals surface area contributed by atoms with Crippen LogP contribution in [0.25, 0.3) is 11.1 Å². The second-order valence-corrected chi connectivity index (χ2v) is 10.5. The summed E-state index contributed by atoms with van der Waals surface area (Å²) >= 11 is 0. The summed E-state index contributed by atoms with van der Waals surface area (Å²) in [7, 11) is 1.55. The van der Waals surface area contributed by atoms with Crippen LogP contribution in [0.1, 0.15) is 24.0 Å². The van der Waals surface area contributed by atoms with Gasteiger partial charge < -0.3 is 36.2 Å². The van der Waals surface area contributed by atoms with Crippen LogP contribution >= 0.6 is 0 Å². The minimum absolute atomic E-state index is 0.127. The third kappa shape index (κ3) is 9.69. The minimum atomic E-state index is -5.08. The van der Waals surface area contributed by atoms with Gasteiger partial charge in [-0.2, -0.15) is 28.1 Å². The molecule has 0 unspecified atom stereocenters. The molecular formula is C32H36F3N7O4. The van der Waals surface area contributed by atoms with E-state index in [2.05, 4.69) is 63.0 Å². The number of phenolic OH excluding ortho intramolecular Hbond substituents is 1. The lowest BCUT2D eigenvalue weighted by Crippen LogP contribution is -2.40. The Labute approximate surface area is 264 Å². The maximum atomic E-state index is 10.6. The van der Waals surface area contributed by atoms with Gasteiger partial charge in [-0.15, -0.1) is 0 Å². The molecule has 0 spiro atoms. The number of alkyl halides is 3. The predicted octanol–water partition coefficient (Wildman–Crippen LogP) is 5.08. The molecule has 0 amide bonds. The molecular weight excluding hydrogens is 603 g/mol. The third-order valence-corrected chi connectivity index (χ3v) is 7.17. The lowest BCUT2D eigenvalue weighted by atomic mass is 10.00. The average molecular weight is 640 g/mol. The molecule has 0 radical (unpaired) electrons. The SMILES string of the molecule is COc1cc(CCNc2nc(NCc3ccccc3-c3ccccc3)nc(N3CCC(N)CC3)n2)ccc1O.O=C(O)C(F)(F)F. The summed E-state index contributed by atoms with van der Waals surface area (Å²) < 4.78 is 37.0. The van der Waals surface area contributed by atoms with E-state index in [0.717, 1.165) is 37.1 Å². The van der Waals surface area contributed by atoms with Crippen molar-refractivity contribution >= 4 is 23.8 Å². The molecule has 14 heteroatoms. The molecule has 1 aliphatic rings. The highest BCUT2D eigenvalue weighted by atomic mass is 19.4. The summed E-state index contributed by atoms with van der Waals surface area (Å²) in [6.07, 6.45) is -2.56. The van der Waals surface area contributed by atoms with Crippen LogP contribution in [0.5, 0.6) is 11.5 Å². The number of hydrogen-bond donors (Lipinski definition) is 5. The van der Waals surface area contributed by atoms with Crippen molar-refractivity contribution in [3.63, 3.8) is 0 Å². The van der Waals surface area contributed by atoms with Crippen molar-refractivity contribution in [1.29, 1.82) is 0 Å². The Morgan fingerprint density at radius 2 is 1.61 bits per heavy atom. The molecule has 2 heterocycles. The fourth-order valence-corrected chi connectivity index (χ4v) is 4.71. The predicted molar refractivity (Wildman–Crippen MR) is 169 cm³/mol. The minimum Gasteiger partial charge on any atom is -0.504 e.